The van der Waals surface area contributed by atoms with E-state index in [0.717, 1.165) is 13.8 Å². The van der Waals surface area contributed by atoms with Gasteiger partial charge in [0.05, 0.1) is 5.70 Å². The first kappa shape index (κ1) is 18.2. The van der Waals surface area contributed by atoms with Gasteiger partial charge in [0, 0.05) is 6.08 Å². The van der Waals surface area contributed by atoms with Gasteiger partial charge in [0.15, 0.2) is 4.45 Å². The lowest BCUT2D eigenvalue weighted by Gasteiger charge is -2.39. The molecule has 1 N–H and O–H groups in total. The van der Waals surface area contributed by atoms with E-state index in [1.165, 1.54) is 0 Å². The highest BCUT2D eigenvalue weighted by atomic mass is 79.9. The van der Waals surface area contributed by atoms with Gasteiger partial charge in [-0.3, -0.25) is 0 Å². The molecule has 1 aliphatic rings. The van der Waals surface area contributed by atoms with Crippen molar-refractivity contribution in [3.05, 3.63) is 23.4 Å². The fourth-order valence-corrected chi connectivity index (χ4v) is 2.18. The van der Waals surface area contributed by atoms with Crippen molar-refractivity contribution in [1.29, 1.82) is 0 Å². The molecule has 0 saturated heterocycles. The van der Waals surface area contributed by atoms with Gasteiger partial charge in [0.2, 0.25) is 0 Å². The molecule has 0 amide bonds. The summed E-state index contributed by atoms with van der Waals surface area (Å²) in [6.07, 6.45) is -12.0. The summed E-state index contributed by atoms with van der Waals surface area (Å²) >= 11 is 2.61. The van der Waals surface area contributed by atoms with E-state index in [0.29, 0.717) is 6.08 Å². The molecule has 0 aliphatic carbocycles. The van der Waals surface area contributed by atoms with Crippen molar-refractivity contribution >= 4 is 15.9 Å². The molecule has 10 heteroatoms. The van der Waals surface area contributed by atoms with Gasteiger partial charge in [-0.25, -0.2) is 8.78 Å². The van der Waals surface area contributed by atoms with Gasteiger partial charge < -0.3 is 5.32 Å². The van der Waals surface area contributed by atoms with Crippen LogP contribution in [-0.4, -0.2) is 28.6 Å². The van der Waals surface area contributed by atoms with Crippen molar-refractivity contribution in [1.82, 2.24) is 5.32 Å². The summed E-state index contributed by atoms with van der Waals surface area (Å²) < 4.78 is 101. The van der Waals surface area contributed by atoms with E-state index in [-0.39, 0.29) is 5.57 Å². The third kappa shape index (κ3) is 3.04. The quantitative estimate of drug-likeness (QED) is 0.418. The van der Waals surface area contributed by atoms with E-state index in [1.54, 1.807) is 5.32 Å². The zero-order valence-electron chi connectivity index (χ0n) is 10.6. The maximum absolute atomic E-state index is 13.9. The average molecular weight is 387 g/mol. The minimum atomic E-state index is -6.27. The molecule has 0 bridgehead atoms. The summed E-state index contributed by atoms with van der Waals surface area (Å²) in [5.74, 6) is 0. The van der Waals surface area contributed by atoms with Crippen molar-refractivity contribution in [2.24, 2.45) is 0 Å². The lowest BCUT2D eigenvalue weighted by molar-refractivity contribution is -0.328. The van der Waals surface area contributed by atoms with E-state index in [4.69, 9.17) is 0 Å². The fraction of sp³-hybridized carbons (Fsp3) is 0.636. The first-order valence-electron chi connectivity index (χ1n) is 5.42. The molecule has 1 heterocycles. The SMILES string of the molecule is CC1=[C]C(Br)(C(C)F)NC(C(F)(C(F)(F)F)C(F)(F)F)=C1. The third-order valence-electron chi connectivity index (χ3n) is 2.76. The monoisotopic (exact) mass is 386 g/mol. The van der Waals surface area contributed by atoms with Gasteiger partial charge in [-0.15, -0.1) is 0 Å². The van der Waals surface area contributed by atoms with Crippen LogP contribution in [0, 0.1) is 6.08 Å². The highest BCUT2D eigenvalue weighted by Crippen LogP contribution is 2.51. The number of hydrogen-bond acceptors (Lipinski definition) is 1. The van der Waals surface area contributed by atoms with E-state index in [2.05, 4.69) is 22.0 Å². The maximum Gasteiger partial charge on any atom is 0.437 e. The number of halogens is 9. The van der Waals surface area contributed by atoms with Crippen LogP contribution in [0.25, 0.3) is 0 Å². The standard InChI is InChI=1S/C11H9BrF8N/c1-5-3-7(21-8(12,4-5)6(2)13)9(14,10(15,16)17)11(18,19)20/h3,6,21H,1-2H3. The average Bonchev–Trinajstić information content (AvgIpc) is 2.23. The second-order valence-corrected chi connectivity index (χ2v) is 5.72. The number of dihydropyridines is 1. The zero-order chi connectivity index (χ0) is 16.9. The maximum atomic E-state index is 13.9. The van der Waals surface area contributed by atoms with Gasteiger partial charge in [-0.1, -0.05) is 15.9 Å². The van der Waals surface area contributed by atoms with Crippen LogP contribution in [-0.2, 0) is 0 Å². The first-order chi connectivity index (χ1) is 9.15. The van der Waals surface area contributed by atoms with Gasteiger partial charge in [0.25, 0.3) is 0 Å². The van der Waals surface area contributed by atoms with Crippen molar-refractivity contribution in [2.45, 2.75) is 42.5 Å². The summed E-state index contributed by atoms with van der Waals surface area (Å²) in [4.78, 5) is 0. The molecular formula is C11H9BrF8N. The van der Waals surface area contributed by atoms with Crippen molar-refractivity contribution in [2.75, 3.05) is 0 Å². The molecule has 1 radical (unpaired) electrons. The van der Waals surface area contributed by atoms with Gasteiger partial charge in [-0.05, 0) is 25.5 Å². The number of rotatable bonds is 2. The molecule has 1 nitrogen and oxygen atoms in total. The summed E-state index contributed by atoms with van der Waals surface area (Å²) in [7, 11) is 0. The lowest BCUT2D eigenvalue weighted by atomic mass is 9.93. The van der Waals surface area contributed by atoms with Gasteiger partial charge in [-0.2, -0.15) is 26.3 Å². The number of allylic oxidation sites excluding steroid dienone is 3. The predicted octanol–water partition coefficient (Wildman–Crippen LogP) is 4.51. The molecule has 0 spiro atoms. The Morgan fingerprint density at radius 1 is 1.14 bits per heavy atom. The van der Waals surface area contributed by atoms with Crippen molar-refractivity contribution in [3.8, 4) is 0 Å². The van der Waals surface area contributed by atoms with E-state index < -0.39 is 34.3 Å². The Morgan fingerprint density at radius 3 is 1.90 bits per heavy atom. The highest BCUT2D eigenvalue weighted by Gasteiger charge is 2.75. The van der Waals surface area contributed by atoms with Crippen LogP contribution < -0.4 is 5.32 Å². The Bertz CT molecular complexity index is 462. The summed E-state index contributed by atoms with van der Waals surface area (Å²) in [6.45, 7) is 1.94. The molecule has 0 saturated carbocycles. The molecule has 0 aromatic heterocycles. The molecule has 0 aromatic rings. The van der Waals surface area contributed by atoms with Crippen LogP contribution in [0.1, 0.15) is 13.8 Å². The first-order valence-corrected chi connectivity index (χ1v) is 6.22. The third-order valence-corrected chi connectivity index (χ3v) is 3.78. The molecule has 0 aromatic carbocycles. The minimum absolute atomic E-state index is 0.277. The minimum Gasteiger partial charge on any atom is -0.364 e. The highest BCUT2D eigenvalue weighted by molar-refractivity contribution is 9.10. The molecule has 2 unspecified atom stereocenters. The van der Waals surface area contributed by atoms with Crippen LogP contribution in [0.4, 0.5) is 35.1 Å². The molecule has 1 aliphatic heterocycles. The Labute approximate surface area is 123 Å². The Kier molecular flexibility index (Phi) is 4.46. The molecule has 21 heavy (non-hydrogen) atoms. The second kappa shape index (κ2) is 5.13. The van der Waals surface area contributed by atoms with Crippen molar-refractivity contribution in [3.63, 3.8) is 0 Å². The van der Waals surface area contributed by atoms with Crippen LogP contribution in [0.2, 0.25) is 0 Å². The molecule has 1 rings (SSSR count). The summed E-state index contributed by atoms with van der Waals surface area (Å²) in [5.41, 5.74) is -7.77. The topological polar surface area (TPSA) is 12.0 Å². The van der Waals surface area contributed by atoms with E-state index in [9.17, 15) is 35.1 Å². The molecular weight excluding hydrogens is 378 g/mol. The predicted molar refractivity (Wildman–Crippen MR) is 61.8 cm³/mol. The number of alkyl halides is 9. The Hall–Kier alpha value is -0.800. The Morgan fingerprint density at radius 2 is 1.57 bits per heavy atom. The second-order valence-electron chi connectivity index (χ2n) is 4.47. The van der Waals surface area contributed by atoms with Crippen LogP contribution >= 0.6 is 15.9 Å². The Balaban J connectivity index is 3.46. The number of nitrogens with one attached hydrogen (secondary N) is 1. The molecule has 0 fully saturated rings. The smallest absolute Gasteiger partial charge is 0.364 e. The van der Waals surface area contributed by atoms with Gasteiger partial charge >= 0.3 is 18.0 Å². The van der Waals surface area contributed by atoms with Crippen LogP contribution in [0.5, 0.6) is 0 Å². The summed E-state index contributed by atoms with van der Waals surface area (Å²) in [6, 6.07) is 0. The zero-order valence-corrected chi connectivity index (χ0v) is 12.1. The largest absolute Gasteiger partial charge is 0.437 e. The van der Waals surface area contributed by atoms with Crippen molar-refractivity contribution < 1.29 is 35.1 Å². The van der Waals surface area contributed by atoms with E-state index >= 15 is 0 Å². The van der Waals surface area contributed by atoms with Gasteiger partial charge in [0.1, 0.15) is 6.17 Å². The molecule has 121 valence electrons. The van der Waals surface area contributed by atoms with Crippen LogP contribution in [0.15, 0.2) is 17.3 Å². The van der Waals surface area contributed by atoms with Crippen LogP contribution in [0.3, 0.4) is 0 Å². The van der Waals surface area contributed by atoms with E-state index in [1.807, 2.05) is 0 Å². The lowest BCUT2D eigenvalue weighted by Crippen LogP contribution is -2.61. The summed E-state index contributed by atoms with van der Waals surface area (Å²) in [5, 5.41) is 1.57. The number of hydrogen-bond donors (Lipinski definition) is 1. The normalized spacial score (nSPS) is 25.9. The molecule has 2 atom stereocenters. The fourth-order valence-electron chi connectivity index (χ4n) is 1.65.